The molecule has 0 saturated heterocycles. The van der Waals surface area contributed by atoms with Crippen LogP contribution in [0.2, 0.25) is 0 Å². The van der Waals surface area contributed by atoms with Gasteiger partial charge in [-0.25, -0.2) is 4.79 Å². The lowest BCUT2D eigenvalue weighted by atomic mass is 9.85. The molecule has 0 N–H and O–H groups in total. The van der Waals surface area contributed by atoms with Gasteiger partial charge in [-0.2, -0.15) is 0 Å². The second-order valence-electron chi connectivity index (χ2n) is 3.74. The molecule has 0 aromatic carbocycles. The zero-order chi connectivity index (χ0) is 10.4. The standard InChI is InChI=1S/C12H18O2/c1-3-11(14-12(13)4-2)10-8-6-5-7-9-10/h3-4,10-11H,1-2,5-9H2. The smallest absolute Gasteiger partial charge is 0.330 e. The Bertz CT molecular complexity index is 214. The Balaban J connectivity index is 2.46. The first-order valence-corrected chi connectivity index (χ1v) is 5.23. The third-order valence-electron chi connectivity index (χ3n) is 2.77. The Morgan fingerprint density at radius 2 is 1.93 bits per heavy atom. The fourth-order valence-electron chi connectivity index (χ4n) is 1.98. The van der Waals surface area contributed by atoms with Crippen LogP contribution in [0.1, 0.15) is 32.1 Å². The predicted octanol–water partition coefficient (Wildman–Crippen LogP) is 2.85. The van der Waals surface area contributed by atoms with Crippen molar-refractivity contribution in [3.63, 3.8) is 0 Å². The fraction of sp³-hybridized carbons (Fsp3) is 0.583. The SMILES string of the molecule is C=CC(=O)OC(C=C)C1CCCCC1. The number of esters is 1. The Kier molecular flexibility index (Phi) is 4.44. The van der Waals surface area contributed by atoms with E-state index in [2.05, 4.69) is 13.2 Å². The summed E-state index contributed by atoms with van der Waals surface area (Å²) < 4.78 is 5.21. The molecule has 0 aliphatic heterocycles. The molecule has 1 atom stereocenters. The van der Waals surface area contributed by atoms with Crippen LogP contribution < -0.4 is 0 Å². The molecule has 1 saturated carbocycles. The monoisotopic (exact) mass is 194 g/mol. The molecule has 1 rings (SSSR count). The highest BCUT2D eigenvalue weighted by molar-refractivity contribution is 5.81. The first-order valence-electron chi connectivity index (χ1n) is 5.23. The fourth-order valence-corrected chi connectivity index (χ4v) is 1.98. The summed E-state index contributed by atoms with van der Waals surface area (Å²) >= 11 is 0. The van der Waals surface area contributed by atoms with Gasteiger partial charge in [-0.3, -0.25) is 0 Å². The van der Waals surface area contributed by atoms with Crippen molar-refractivity contribution in [3.05, 3.63) is 25.3 Å². The van der Waals surface area contributed by atoms with E-state index in [-0.39, 0.29) is 12.1 Å². The summed E-state index contributed by atoms with van der Waals surface area (Å²) in [5.74, 6) is 0.116. The molecule has 0 aromatic rings. The van der Waals surface area contributed by atoms with Crippen LogP contribution in [-0.2, 0) is 9.53 Å². The molecule has 0 heterocycles. The second kappa shape index (κ2) is 5.63. The first kappa shape index (κ1) is 11.0. The van der Waals surface area contributed by atoms with E-state index in [0.29, 0.717) is 5.92 Å². The van der Waals surface area contributed by atoms with E-state index in [1.54, 1.807) is 6.08 Å². The average Bonchev–Trinajstić information content (AvgIpc) is 2.26. The first-order chi connectivity index (χ1) is 6.77. The van der Waals surface area contributed by atoms with Crippen molar-refractivity contribution in [1.82, 2.24) is 0 Å². The summed E-state index contributed by atoms with van der Waals surface area (Å²) in [7, 11) is 0. The van der Waals surface area contributed by atoms with Crippen molar-refractivity contribution in [1.29, 1.82) is 0 Å². The molecule has 2 heteroatoms. The topological polar surface area (TPSA) is 26.3 Å². The average molecular weight is 194 g/mol. The van der Waals surface area contributed by atoms with Gasteiger partial charge in [0.25, 0.3) is 0 Å². The molecule has 0 amide bonds. The number of hydrogen-bond acceptors (Lipinski definition) is 2. The minimum Gasteiger partial charge on any atom is -0.455 e. The molecular weight excluding hydrogens is 176 g/mol. The van der Waals surface area contributed by atoms with Gasteiger partial charge in [0, 0.05) is 6.08 Å². The van der Waals surface area contributed by atoms with Gasteiger partial charge in [-0.15, -0.1) is 0 Å². The second-order valence-corrected chi connectivity index (χ2v) is 3.74. The van der Waals surface area contributed by atoms with Crippen molar-refractivity contribution in [3.8, 4) is 0 Å². The van der Waals surface area contributed by atoms with Crippen LogP contribution in [0, 0.1) is 5.92 Å². The van der Waals surface area contributed by atoms with Crippen LogP contribution in [0.5, 0.6) is 0 Å². The maximum Gasteiger partial charge on any atom is 0.330 e. The Hall–Kier alpha value is -1.05. The van der Waals surface area contributed by atoms with Crippen molar-refractivity contribution in [2.75, 3.05) is 0 Å². The Morgan fingerprint density at radius 3 is 2.43 bits per heavy atom. The van der Waals surface area contributed by atoms with E-state index in [4.69, 9.17) is 4.74 Å². The lowest BCUT2D eigenvalue weighted by Gasteiger charge is -2.27. The quantitative estimate of drug-likeness (QED) is 0.391. The molecule has 0 spiro atoms. The minimum atomic E-state index is -0.347. The van der Waals surface area contributed by atoms with Crippen LogP contribution in [-0.4, -0.2) is 12.1 Å². The number of rotatable bonds is 4. The maximum atomic E-state index is 11.0. The molecule has 1 aliphatic rings. The van der Waals surface area contributed by atoms with Gasteiger partial charge < -0.3 is 4.74 Å². The molecule has 78 valence electrons. The zero-order valence-corrected chi connectivity index (χ0v) is 8.58. The minimum absolute atomic E-state index is 0.124. The molecule has 0 bridgehead atoms. The molecule has 1 fully saturated rings. The van der Waals surface area contributed by atoms with Crippen molar-refractivity contribution < 1.29 is 9.53 Å². The number of carbonyl (C=O) groups excluding carboxylic acids is 1. The third kappa shape index (κ3) is 3.02. The molecule has 0 aromatic heterocycles. The Morgan fingerprint density at radius 1 is 1.29 bits per heavy atom. The van der Waals surface area contributed by atoms with Gasteiger partial charge in [-0.05, 0) is 18.8 Å². The lowest BCUT2D eigenvalue weighted by molar-refractivity contribution is -0.143. The van der Waals surface area contributed by atoms with Crippen LogP contribution in [0.3, 0.4) is 0 Å². The highest BCUT2D eigenvalue weighted by Crippen LogP contribution is 2.28. The largest absolute Gasteiger partial charge is 0.455 e. The van der Waals surface area contributed by atoms with Gasteiger partial charge in [0.1, 0.15) is 6.10 Å². The highest BCUT2D eigenvalue weighted by Gasteiger charge is 2.23. The normalized spacial score (nSPS) is 19.7. The summed E-state index contributed by atoms with van der Waals surface area (Å²) in [6.07, 6.45) is 8.87. The molecular formula is C12H18O2. The molecule has 14 heavy (non-hydrogen) atoms. The van der Waals surface area contributed by atoms with Crippen LogP contribution in [0.4, 0.5) is 0 Å². The van der Waals surface area contributed by atoms with E-state index in [9.17, 15) is 4.79 Å². The van der Waals surface area contributed by atoms with E-state index in [1.165, 1.54) is 25.3 Å². The van der Waals surface area contributed by atoms with Gasteiger partial charge in [0.05, 0.1) is 0 Å². The van der Waals surface area contributed by atoms with E-state index in [0.717, 1.165) is 12.8 Å². The van der Waals surface area contributed by atoms with Gasteiger partial charge in [0.2, 0.25) is 0 Å². The summed E-state index contributed by atoms with van der Waals surface area (Å²) in [5.41, 5.74) is 0. The molecule has 0 radical (unpaired) electrons. The van der Waals surface area contributed by atoms with Crippen LogP contribution in [0.25, 0.3) is 0 Å². The van der Waals surface area contributed by atoms with E-state index < -0.39 is 0 Å². The highest BCUT2D eigenvalue weighted by atomic mass is 16.5. The van der Waals surface area contributed by atoms with Gasteiger partial charge >= 0.3 is 5.97 Å². The zero-order valence-electron chi connectivity index (χ0n) is 8.58. The van der Waals surface area contributed by atoms with Crippen molar-refractivity contribution >= 4 is 5.97 Å². The number of carbonyl (C=O) groups is 1. The van der Waals surface area contributed by atoms with Crippen molar-refractivity contribution in [2.24, 2.45) is 5.92 Å². The number of hydrogen-bond donors (Lipinski definition) is 0. The Labute approximate surface area is 85.6 Å². The lowest BCUT2D eigenvalue weighted by Crippen LogP contribution is -2.26. The molecule has 1 unspecified atom stereocenters. The third-order valence-corrected chi connectivity index (χ3v) is 2.77. The number of ether oxygens (including phenoxy) is 1. The van der Waals surface area contributed by atoms with Gasteiger partial charge in [0.15, 0.2) is 0 Å². The van der Waals surface area contributed by atoms with Crippen LogP contribution >= 0.6 is 0 Å². The molecule has 2 nitrogen and oxygen atoms in total. The van der Waals surface area contributed by atoms with Crippen molar-refractivity contribution in [2.45, 2.75) is 38.2 Å². The molecule has 1 aliphatic carbocycles. The summed E-state index contributed by atoms with van der Waals surface area (Å²) in [5, 5.41) is 0. The van der Waals surface area contributed by atoms with E-state index >= 15 is 0 Å². The van der Waals surface area contributed by atoms with Crippen LogP contribution in [0.15, 0.2) is 25.3 Å². The summed E-state index contributed by atoms with van der Waals surface area (Å²) in [4.78, 5) is 11.0. The predicted molar refractivity (Wildman–Crippen MR) is 56.8 cm³/mol. The van der Waals surface area contributed by atoms with Gasteiger partial charge in [-0.1, -0.05) is 38.5 Å². The maximum absolute atomic E-state index is 11.0. The summed E-state index contributed by atoms with van der Waals surface area (Å²) in [6.45, 7) is 7.10. The van der Waals surface area contributed by atoms with E-state index in [1.807, 2.05) is 0 Å². The summed E-state index contributed by atoms with van der Waals surface area (Å²) in [6, 6.07) is 0.